The first kappa shape index (κ1) is 17.0. The Balaban J connectivity index is 1.69. The number of para-hydroxylation sites is 1. The molecule has 2 aromatic rings. The molecule has 2 aliphatic heterocycles. The molecule has 4 N–H and O–H groups in total. The second-order valence-electron chi connectivity index (χ2n) is 6.67. The fourth-order valence-electron chi connectivity index (χ4n) is 3.65. The molecule has 0 radical (unpaired) electrons. The predicted octanol–water partition coefficient (Wildman–Crippen LogP) is 3.44. The molecule has 25 heavy (non-hydrogen) atoms. The molecule has 0 saturated carbocycles. The lowest BCUT2D eigenvalue weighted by Gasteiger charge is -2.40. The maximum atomic E-state index is 6.11. The van der Waals surface area contributed by atoms with Crippen LogP contribution in [0.4, 0.5) is 11.4 Å². The molecular weight excluding hydrogens is 400 g/mol. The summed E-state index contributed by atoms with van der Waals surface area (Å²) in [7, 11) is 0. The molecule has 2 aliphatic rings. The zero-order chi connectivity index (χ0) is 17.3. The normalized spacial score (nSPS) is 20.3. The van der Waals surface area contributed by atoms with Crippen LogP contribution in [0.3, 0.4) is 0 Å². The average Bonchev–Trinajstić information content (AvgIpc) is 2.62. The summed E-state index contributed by atoms with van der Waals surface area (Å²) in [6.45, 7) is 2.65. The van der Waals surface area contributed by atoms with Crippen molar-refractivity contribution in [2.75, 3.05) is 18.4 Å². The van der Waals surface area contributed by atoms with E-state index in [1.807, 2.05) is 18.2 Å². The van der Waals surface area contributed by atoms with Crippen LogP contribution in [0.25, 0.3) is 0 Å². The smallest absolute Gasteiger partial charge is 0.168 e. The summed E-state index contributed by atoms with van der Waals surface area (Å²) in [6.07, 6.45) is 2.10. The van der Waals surface area contributed by atoms with Gasteiger partial charge in [0.2, 0.25) is 0 Å². The number of amidine groups is 1. The van der Waals surface area contributed by atoms with E-state index in [1.165, 1.54) is 5.69 Å². The highest BCUT2D eigenvalue weighted by Gasteiger charge is 2.45. The Kier molecular flexibility index (Phi) is 4.82. The number of quaternary nitrogens is 1. The van der Waals surface area contributed by atoms with Gasteiger partial charge in [0.15, 0.2) is 17.1 Å². The van der Waals surface area contributed by atoms with Gasteiger partial charge in [-0.2, -0.15) is 0 Å². The quantitative estimate of drug-likeness (QED) is 0.652. The van der Waals surface area contributed by atoms with Gasteiger partial charge in [-0.05, 0) is 45.8 Å². The van der Waals surface area contributed by atoms with Gasteiger partial charge >= 0.3 is 0 Å². The van der Waals surface area contributed by atoms with E-state index < -0.39 is 0 Å². The van der Waals surface area contributed by atoms with Gasteiger partial charge in [0.25, 0.3) is 0 Å². The molecule has 1 spiro atoms. The molecule has 0 unspecified atom stereocenters. The Morgan fingerprint density at radius 3 is 2.76 bits per heavy atom. The fourth-order valence-corrected chi connectivity index (χ4v) is 4.34. The molecule has 0 aliphatic carbocycles. The van der Waals surface area contributed by atoms with Gasteiger partial charge in [0.1, 0.15) is 5.69 Å². The van der Waals surface area contributed by atoms with Crippen LogP contribution < -0.4 is 16.0 Å². The highest BCUT2D eigenvalue weighted by molar-refractivity contribution is 9.10. The van der Waals surface area contributed by atoms with Crippen LogP contribution in [0.2, 0.25) is 5.02 Å². The van der Waals surface area contributed by atoms with E-state index in [0.29, 0.717) is 6.54 Å². The first-order valence-electron chi connectivity index (χ1n) is 8.58. The third-order valence-corrected chi connectivity index (χ3v) is 5.93. The molecule has 2 aromatic carbocycles. The van der Waals surface area contributed by atoms with Crippen molar-refractivity contribution in [3.05, 3.63) is 57.5 Å². The first-order valence-corrected chi connectivity index (χ1v) is 9.75. The first-order chi connectivity index (χ1) is 12.2. The molecule has 0 atom stereocenters. The minimum atomic E-state index is -0.0271. The number of halogens is 2. The topological polar surface area (TPSA) is 53.0 Å². The number of fused-ring (bicyclic) bond motifs is 1. The van der Waals surface area contributed by atoms with Crippen molar-refractivity contribution in [2.45, 2.75) is 24.9 Å². The van der Waals surface area contributed by atoms with Crippen LogP contribution in [0, 0.1) is 0 Å². The molecule has 0 bridgehead atoms. The number of piperidine rings is 1. The van der Waals surface area contributed by atoms with E-state index in [-0.39, 0.29) is 5.54 Å². The van der Waals surface area contributed by atoms with Gasteiger partial charge < -0.3 is 10.6 Å². The monoisotopic (exact) mass is 419 g/mol. The molecular formula is C19H21BrClN4+. The predicted molar refractivity (Wildman–Crippen MR) is 107 cm³/mol. The summed E-state index contributed by atoms with van der Waals surface area (Å²) >= 11 is 9.80. The van der Waals surface area contributed by atoms with Gasteiger partial charge in [-0.1, -0.05) is 29.8 Å². The van der Waals surface area contributed by atoms with Gasteiger partial charge in [0.05, 0.1) is 11.0 Å². The maximum Gasteiger partial charge on any atom is 0.168 e. The van der Waals surface area contributed by atoms with Crippen molar-refractivity contribution >= 4 is 44.7 Å². The van der Waals surface area contributed by atoms with Gasteiger partial charge in [-0.15, -0.1) is 0 Å². The van der Waals surface area contributed by atoms with Gasteiger partial charge in [0, 0.05) is 31.0 Å². The van der Waals surface area contributed by atoms with E-state index in [4.69, 9.17) is 16.6 Å². The number of nitrogens with zero attached hydrogens (tertiary/aromatic N) is 1. The zero-order valence-electron chi connectivity index (χ0n) is 13.9. The zero-order valence-corrected chi connectivity index (χ0v) is 16.2. The molecule has 2 heterocycles. The maximum absolute atomic E-state index is 6.11. The number of rotatable bonds is 2. The Bertz CT molecular complexity index is 815. The third-order valence-electron chi connectivity index (χ3n) is 5.00. The van der Waals surface area contributed by atoms with Crippen LogP contribution in [0.5, 0.6) is 0 Å². The Labute approximate surface area is 161 Å². The molecule has 130 valence electrons. The van der Waals surface area contributed by atoms with Crippen LogP contribution in [0.1, 0.15) is 18.4 Å². The number of hydrogen-bond acceptors (Lipinski definition) is 2. The van der Waals surface area contributed by atoms with Crippen LogP contribution in [-0.4, -0.2) is 24.5 Å². The molecule has 0 aromatic heterocycles. The highest BCUT2D eigenvalue weighted by atomic mass is 79.9. The number of aliphatic imine (C=N–C) groups is 1. The number of benzene rings is 2. The molecule has 4 nitrogen and oxygen atoms in total. The molecule has 1 saturated heterocycles. The minimum Gasteiger partial charge on any atom is -0.334 e. The standard InChI is InChI=1S/C19H20BrClN4/c20-15-5-2-6-16-17(15)25-19(7-9-22-10-8-19)18(24-16)23-12-13-3-1-4-14(21)11-13/h1-6,11,22,25H,7-10,12H2,(H,23,24)/p+1. The molecule has 1 fully saturated rings. The van der Waals surface area contributed by atoms with Crippen molar-refractivity contribution in [1.82, 2.24) is 5.32 Å². The lowest BCUT2D eigenvalue weighted by molar-refractivity contribution is -0.638. The van der Waals surface area contributed by atoms with Crippen LogP contribution in [0.15, 0.2) is 51.9 Å². The SMILES string of the molecule is Clc1cccc(CN=C2Nc3cccc(Br)c3[NH2+]C23CCNCC3)c1. The van der Waals surface area contributed by atoms with Crippen molar-refractivity contribution < 1.29 is 5.32 Å². The van der Waals surface area contributed by atoms with E-state index >= 15 is 0 Å². The van der Waals surface area contributed by atoms with Crippen molar-refractivity contribution in [3.8, 4) is 0 Å². The average molecular weight is 421 g/mol. The van der Waals surface area contributed by atoms with Crippen molar-refractivity contribution in [3.63, 3.8) is 0 Å². The van der Waals surface area contributed by atoms with E-state index in [0.717, 1.165) is 52.5 Å². The summed E-state index contributed by atoms with van der Waals surface area (Å²) in [4.78, 5) is 4.97. The van der Waals surface area contributed by atoms with Crippen LogP contribution >= 0.6 is 27.5 Å². The van der Waals surface area contributed by atoms with E-state index in [9.17, 15) is 0 Å². The van der Waals surface area contributed by atoms with E-state index in [2.05, 4.69) is 56.1 Å². The van der Waals surface area contributed by atoms with Gasteiger partial charge in [-0.25, -0.2) is 0 Å². The Morgan fingerprint density at radius 1 is 1.16 bits per heavy atom. The highest BCUT2D eigenvalue weighted by Crippen LogP contribution is 2.33. The summed E-state index contributed by atoms with van der Waals surface area (Å²) in [5, 5.41) is 10.2. The summed E-state index contributed by atoms with van der Waals surface area (Å²) in [5.74, 6) is 1.07. The van der Waals surface area contributed by atoms with Crippen molar-refractivity contribution in [1.29, 1.82) is 0 Å². The largest absolute Gasteiger partial charge is 0.334 e. The van der Waals surface area contributed by atoms with Gasteiger partial charge in [-0.3, -0.25) is 10.3 Å². The fraction of sp³-hybridized carbons (Fsp3) is 0.316. The minimum absolute atomic E-state index is 0.0271. The van der Waals surface area contributed by atoms with Crippen molar-refractivity contribution in [2.24, 2.45) is 4.99 Å². The summed E-state index contributed by atoms with van der Waals surface area (Å²) in [6, 6.07) is 14.2. The second kappa shape index (κ2) is 7.08. The Morgan fingerprint density at radius 2 is 1.96 bits per heavy atom. The lowest BCUT2D eigenvalue weighted by atomic mass is 9.84. The molecule has 4 rings (SSSR count). The van der Waals surface area contributed by atoms with E-state index in [1.54, 1.807) is 0 Å². The molecule has 0 amide bonds. The third kappa shape index (κ3) is 3.47. The number of nitrogens with two attached hydrogens (primary N) is 1. The second-order valence-corrected chi connectivity index (χ2v) is 7.96. The summed E-state index contributed by atoms with van der Waals surface area (Å²) in [5.41, 5.74) is 3.46. The molecule has 6 heteroatoms. The van der Waals surface area contributed by atoms with Crippen LogP contribution in [-0.2, 0) is 6.54 Å². The summed E-state index contributed by atoms with van der Waals surface area (Å²) < 4.78 is 1.13. The number of nitrogens with one attached hydrogen (secondary N) is 2. The number of anilines is 1. The Hall–Kier alpha value is -1.40. The number of hydrogen-bond donors (Lipinski definition) is 3. The lowest BCUT2D eigenvalue weighted by Crippen LogP contribution is -2.98.